The molecule has 0 spiro atoms. The maximum absolute atomic E-state index is 4.88. The largest absolute Gasteiger partial charge is 0.355 e. The molecule has 0 bridgehead atoms. The van der Waals surface area contributed by atoms with Crippen molar-refractivity contribution in [1.82, 2.24) is 10.2 Å². The van der Waals surface area contributed by atoms with Crippen LogP contribution in [0.4, 0.5) is 0 Å². The number of piperazine rings is 1. The second-order valence-corrected chi connectivity index (χ2v) is 3.13. The number of hydrogen-bond donors (Lipinski definition) is 2. The molecule has 10 heavy (non-hydrogen) atoms. The Morgan fingerprint density at radius 2 is 1.90 bits per heavy atom. The molecule has 0 amide bonds. The first-order valence-corrected chi connectivity index (χ1v) is 3.85. The predicted octanol–water partition coefficient (Wildman–Crippen LogP) is -0.275. The number of thiocarbonyl (C=S) groups is 1. The Balaban J connectivity index is 0.000000810. The van der Waals surface area contributed by atoms with E-state index in [1.165, 1.54) is 0 Å². The van der Waals surface area contributed by atoms with Crippen molar-refractivity contribution in [2.75, 3.05) is 26.2 Å². The third-order valence-electron chi connectivity index (χ3n) is 1.39. The molecule has 0 atom stereocenters. The first kappa shape index (κ1) is 11.8. The fraction of sp³-hybridized carbons (Fsp3) is 0.800. The molecule has 0 unspecified atom stereocenters. The molecule has 1 saturated heterocycles. The molecule has 1 fully saturated rings. The van der Waals surface area contributed by atoms with Crippen LogP contribution in [0.2, 0.25) is 0 Å². The van der Waals surface area contributed by atoms with E-state index in [2.05, 4.69) is 22.8 Å². The minimum absolute atomic E-state index is 0. The average Bonchev–Trinajstić information content (AvgIpc) is 1.90. The third-order valence-corrected chi connectivity index (χ3v) is 1.93. The minimum atomic E-state index is 0. The fourth-order valence-electron chi connectivity index (χ4n) is 0.856. The van der Waals surface area contributed by atoms with Gasteiger partial charge in [0.05, 0.1) is 0 Å². The van der Waals surface area contributed by atoms with E-state index in [0.29, 0.717) is 0 Å². The molecule has 5 heteroatoms. The SMILES string of the molecule is S=C(S)N1CCNCC1.[K]. The fourth-order valence-corrected chi connectivity index (χ4v) is 1.24. The topological polar surface area (TPSA) is 15.3 Å². The van der Waals surface area contributed by atoms with E-state index in [0.717, 1.165) is 30.5 Å². The number of nitrogens with zero attached hydrogens (tertiary/aromatic N) is 1. The van der Waals surface area contributed by atoms with Crippen molar-refractivity contribution in [1.29, 1.82) is 0 Å². The molecular weight excluding hydrogens is 191 g/mol. The molecule has 1 radical (unpaired) electrons. The quantitative estimate of drug-likeness (QED) is 0.319. The van der Waals surface area contributed by atoms with E-state index in [9.17, 15) is 0 Å². The summed E-state index contributed by atoms with van der Waals surface area (Å²) in [6.07, 6.45) is 0. The van der Waals surface area contributed by atoms with Crippen LogP contribution in [0.5, 0.6) is 0 Å². The van der Waals surface area contributed by atoms with E-state index >= 15 is 0 Å². The van der Waals surface area contributed by atoms with Crippen molar-refractivity contribution >= 4 is 80.6 Å². The molecule has 2 nitrogen and oxygen atoms in total. The smallest absolute Gasteiger partial charge is 0.133 e. The van der Waals surface area contributed by atoms with Gasteiger partial charge in [0.25, 0.3) is 0 Å². The van der Waals surface area contributed by atoms with Crippen LogP contribution < -0.4 is 5.32 Å². The molecule has 0 aromatic rings. The van der Waals surface area contributed by atoms with E-state index in [1.807, 2.05) is 0 Å². The van der Waals surface area contributed by atoms with E-state index in [1.54, 1.807) is 0 Å². The first-order valence-electron chi connectivity index (χ1n) is 2.99. The van der Waals surface area contributed by atoms with E-state index in [4.69, 9.17) is 12.2 Å². The Morgan fingerprint density at radius 3 is 2.20 bits per heavy atom. The third kappa shape index (κ3) is 4.01. The van der Waals surface area contributed by atoms with Crippen molar-refractivity contribution in [2.24, 2.45) is 0 Å². The van der Waals surface area contributed by atoms with Gasteiger partial charge in [-0.1, -0.05) is 12.2 Å². The van der Waals surface area contributed by atoms with Gasteiger partial charge in [-0.2, -0.15) is 0 Å². The van der Waals surface area contributed by atoms with Crippen molar-refractivity contribution in [3.63, 3.8) is 0 Å². The molecule has 0 aromatic heterocycles. The van der Waals surface area contributed by atoms with Crippen LogP contribution in [0.1, 0.15) is 0 Å². The van der Waals surface area contributed by atoms with E-state index < -0.39 is 0 Å². The number of rotatable bonds is 0. The maximum Gasteiger partial charge on any atom is 0.133 e. The monoisotopic (exact) mass is 201 g/mol. The van der Waals surface area contributed by atoms with Gasteiger partial charge in [0.2, 0.25) is 0 Å². The molecule has 1 aliphatic heterocycles. The summed E-state index contributed by atoms with van der Waals surface area (Å²) in [5.41, 5.74) is 0. The molecule has 1 N–H and O–H groups in total. The van der Waals surface area contributed by atoms with Crippen LogP contribution in [0.15, 0.2) is 0 Å². The Kier molecular flexibility index (Phi) is 7.53. The predicted molar refractivity (Wildman–Crippen MR) is 51.8 cm³/mol. The Bertz CT molecular complexity index is 114. The number of nitrogens with one attached hydrogen (secondary N) is 1. The van der Waals surface area contributed by atoms with Gasteiger partial charge in [0, 0.05) is 77.6 Å². The van der Waals surface area contributed by atoms with Crippen molar-refractivity contribution in [3.05, 3.63) is 0 Å². The summed E-state index contributed by atoms with van der Waals surface area (Å²) in [7, 11) is 0. The zero-order valence-corrected chi connectivity index (χ0v) is 11.0. The second kappa shape index (κ2) is 6.36. The zero-order valence-electron chi connectivity index (χ0n) is 6.13. The van der Waals surface area contributed by atoms with Gasteiger partial charge in [0.1, 0.15) is 4.32 Å². The molecule has 53 valence electrons. The van der Waals surface area contributed by atoms with Gasteiger partial charge in [-0.05, 0) is 0 Å². The summed E-state index contributed by atoms with van der Waals surface area (Å²) in [5.74, 6) is 0. The van der Waals surface area contributed by atoms with Crippen LogP contribution >= 0.6 is 24.8 Å². The van der Waals surface area contributed by atoms with Crippen LogP contribution in [-0.4, -0.2) is 86.8 Å². The molecule has 1 aliphatic rings. The van der Waals surface area contributed by atoms with Gasteiger partial charge in [0.15, 0.2) is 0 Å². The second-order valence-electron chi connectivity index (χ2n) is 2.02. The Labute approximate surface area is 115 Å². The molecule has 1 rings (SSSR count). The molecule has 0 saturated carbocycles. The molecule has 1 heterocycles. The van der Waals surface area contributed by atoms with Crippen LogP contribution in [0, 0.1) is 0 Å². The van der Waals surface area contributed by atoms with Crippen LogP contribution in [-0.2, 0) is 0 Å². The van der Waals surface area contributed by atoms with Crippen LogP contribution in [0.3, 0.4) is 0 Å². The normalized spacial score (nSPS) is 17.9. The van der Waals surface area contributed by atoms with Gasteiger partial charge < -0.3 is 10.2 Å². The molecule has 0 aromatic carbocycles. The molecule has 0 aliphatic carbocycles. The Morgan fingerprint density at radius 1 is 1.40 bits per heavy atom. The number of thiol groups is 1. The summed E-state index contributed by atoms with van der Waals surface area (Å²) in [5, 5.41) is 3.23. The van der Waals surface area contributed by atoms with Gasteiger partial charge in [-0.3, -0.25) is 0 Å². The summed E-state index contributed by atoms with van der Waals surface area (Å²) >= 11 is 8.95. The standard InChI is InChI=1S/C5H10N2S2.K/c8-5(9)7-3-1-6-2-4-7;/h6H,1-4H2,(H,8,9);. The molecular formula is C5H10KN2S2. The Hall–Kier alpha value is 1.84. The average molecular weight is 201 g/mol. The minimum Gasteiger partial charge on any atom is -0.355 e. The van der Waals surface area contributed by atoms with Gasteiger partial charge in [-0.15, -0.1) is 12.6 Å². The van der Waals surface area contributed by atoms with Gasteiger partial charge >= 0.3 is 0 Å². The number of hydrogen-bond acceptors (Lipinski definition) is 2. The summed E-state index contributed by atoms with van der Waals surface area (Å²) in [6.45, 7) is 4.06. The zero-order chi connectivity index (χ0) is 6.69. The summed E-state index contributed by atoms with van der Waals surface area (Å²) in [4.78, 5) is 2.09. The summed E-state index contributed by atoms with van der Waals surface area (Å²) < 4.78 is 0.719. The first-order chi connectivity index (χ1) is 4.30. The summed E-state index contributed by atoms with van der Waals surface area (Å²) in [6, 6.07) is 0. The van der Waals surface area contributed by atoms with Crippen LogP contribution in [0.25, 0.3) is 0 Å². The maximum atomic E-state index is 4.88. The van der Waals surface area contributed by atoms with Gasteiger partial charge in [-0.25, -0.2) is 0 Å². The van der Waals surface area contributed by atoms with E-state index in [-0.39, 0.29) is 51.4 Å². The van der Waals surface area contributed by atoms with Crippen molar-refractivity contribution < 1.29 is 0 Å². The van der Waals surface area contributed by atoms with Crippen molar-refractivity contribution in [2.45, 2.75) is 0 Å². The van der Waals surface area contributed by atoms with Crippen molar-refractivity contribution in [3.8, 4) is 0 Å².